The maximum absolute atomic E-state index is 4.50. The first kappa shape index (κ1) is 16.9. The summed E-state index contributed by atoms with van der Waals surface area (Å²) in [7, 11) is 0. The SMILES string of the molecule is CCCNC(Cc1nccs1)C(C)(C)N1CCCCCC1. The smallest absolute Gasteiger partial charge is 0.0941 e. The largest absolute Gasteiger partial charge is 0.312 e. The van der Waals surface area contributed by atoms with Crippen molar-refractivity contribution in [1.82, 2.24) is 15.2 Å². The Labute approximate surface area is 134 Å². The van der Waals surface area contributed by atoms with Crippen LogP contribution in [0, 0.1) is 0 Å². The molecule has 120 valence electrons. The van der Waals surface area contributed by atoms with Gasteiger partial charge >= 0.3 is 0 Å². The number of thiazole rings is 1. The van der Waals surface area contributed by atoms with Gasteiger partial charge in [0.25, 0.3) is 0 Å². The van der Waals surface area contributed by atoms with E-state index < -0.39 is 0 Å². The van der Waals surface area contributed by atoms with Crippen molar-refractivity contribution in [2.75, 3.05) is 19.6 Å². The van der Waals surface area contributed by atoms with E-state index in [0.717, 1.165) is 13.0 Å². The van der Waals surface area contributed by atoms with E-state index in [4.69, 9.17) is 0 Å². The zero-order valence-electron chi connectivity index (χ0n) is 13.9. The summed E-state index contributed by atoms with van der Waals surface area (Å²) in [5.41, 5.74) is 0.186. The van der Waals surface area contributed by atoms with E-state index in [1.54, 1.807) is 11.3 Å². The van der Waals surface area contributed by atoms with E-state index in [-0.39, 0.29) is 5.54 Å². The molecule has 1 aliphatic rings. The second-order valence-corrected chi connectivity index (χ2v) is 7.67. The predicted molar refractivity (Wildman–Crippen MR) is 92.0 cm³/mol. The van der Waals surface area contributed by atoms with Gasteiger partial charge in [0, 0.05) is 29.6 Å². The average Bonchev–Trinajstić information content (AvgIpc) is 2.82. The van der Waals surface area contributed by atoms with Gasteiger partial charge in [-0.3, -0.25) is 4.90 Å². The Morgan fingerprint density at radius 3 is 2.57 bits per heavy atom. The number of hydrogen-bond acceptors (Lipinski definition) is 4. The van der Waals surface area contributed by atoms with Crippen LogP contribution in [0.1, 0.15) is 57.9 Å². The molecule has 1 atom stereocenters. The average molecular weight is 310 g/mol. The third-order valence-corrected chi connectivity index (χ3v) is 5.58. The molecule has 2 rings (SSSR count). The molecule has 21 heavy (non-hydrogen) atoms. The fourth-order valence-electron chi connectivity index (χ4n) is 3.29. The van der Waals surface area contributed by atoms with Crippen LogP contribution in [0.15, 0.2) is 11.6 Å². The predicted octanol–water partition coefficient (Wildman–Crippen LogP) is 3.71. The Morgan fingerprint density at radius 2 is 2.00 bits per heavy atom. The Bertz CT molecular complexity index is 381. The molecule has 3 nitrogen and oxygen atoms in total. The van der Waals surface area contributed by atoms with E-state index in [9.17, 15) is 0 Å². The lowest BCUT2D eigenvalue weighted by Crippen LogP contribution is -2.59. The highest BCUT2D eigenvalue weighted by Gasteiger charge is 2.35. The van der Waals surface area contributed by atoms with Crippen molar-refractivity contribution in [1.29, 1.82) is 0 Å². The number of hydrogen-bond donors (Lipinski definition) is 1. The highest BCUT2D eigenvalue weighted by atomic mass is 32.1. The summed E-state index contributed by atoms with van der Waals surface area (Å²) in [6.07, 6.45) is 9.64. The van der Waals surface area contributed by atoms with Gasteiger partial charge in [-0.25, -0.2) is 4.98 Å². The molecule has 0 aromatic carbocycles. The third-order valence-electron chi connectivity index (χ3n) is 4.78. The maximum Gasteiger partial charge on any atom is 0.0941 e. The minimum Gasteiger partial charge on any atom is -0.312 e. The normalized spacial score (nSPS) is 19.4. The Hall–Kier alpha value is -0.450. The first-order valence-electron chi connectivity index (χ1n) is 8.51. The van der Waals surface area contributed by atoms with Crippen molar-refractivity contribution >= 4 is 11.3 Å². The number of nitrogens with zero attached hydrogens (tertiary/aromatic N) is 2. The monoisotopic (exact) mass is 309 g/mol. The van der Waals surface area contributed by atoms with Crippen molar-refractivity contribution in [3.63, 3.8) is 0 Å². The van der Waals surface area contributed by atoms with E-state index in [1.807, 2.05) is 6.20 Å². The molecule has 2 heterocycles. The van der Waals surface area contributed by atoms with Crippen LogP contribution < -0.4 is 5.32 Å². The van der Waals surface area contributed by atoms with Gasteiger partial charge in [0.15, 0.2) is 0 Å². The van der Waals surface area contributed by atoms with E-state index in [0.29, 0.717) is 6.04 Å². The van der Waals surface area contributed by atoms with Gasteiger partial charge < -0.3 is 5.32 Å². The summed E-state index contributed by atoms with van der Waals surface area (Å²) < 4.78 is 0. The van der Waals surface area contributed by atoms with Crippen LogP contribution in [-0.4, -0.2) is 41.1 Å². The summed E-state index contributed by atoms with van der Waals surface area (Å²) in [5.74, 6) is 0. The fraction of sp³-hybridized carbons (Fsp3) is 0.824. The number of aromatic nitrogens is 1. The van der Waals surface area contributed by atoms with Crippen LogP contribution in [0.2, 0.25) is 0 Å². The zero-order chi connectivity index (χ0) is 15.1. The molecule has 0 radical (unpaired) electrons. The van der Waals surface area contributed by atoms with Crippen LogP contribution >= 0.6 is 11.3 Å². The molecule has 1 aliphatic heterocycles. The highest BCUT2D eigenvalue weighted by Crippen LogP contribution is 2.26. The molecule has 1 N–H and O–H groups in total. The van der Waals surface area contributed by atoms with E-state index in [2.05, 4.69) is 41.4 Å². The van der Waals surface area contributed by atoms with E-state index >= 15 is 0 Å². The van der Waals surface area contributed by atoms with Crippen LogP contribution in [-0.2, 0) is 6.42 Å². The minimum atomic E-state index is 0.186. The molecule has 0 spiro atoms. The second kappa shape index (κ2) is 8.25. The summed E-state index contributed by atoms with van der Waals surface area (Å²) >= 11 is 1.78. The Morgan fingerprint density at radius 1 is 1.29 bits per heavy atom. The molecule has 0 aliphatic carbocycles. The molecule has 1 fully saturated rings. The fourth-order valence-corrected chi connectivity index (χ4v) is 3.95. The maximum atomic E-state index is 4.50. The third kappa shape index (κ3) is 4.76. The molecule has 1 saturated heterocycles. The molecular weight excluding hydrogens is 278 g/mol. The molecule has 1 unspecified atom stereocenters. The van der Waals surface area contributed by atoms with Crippen LogP contribution in [0.4, 0.5) is 0 Å². The Kier molecular flexibility index (Phi) is 6.65. The summed E-state index contributed by atoms with van der Waals surface area (Å²) in [6, 6.07) is 0.474. The second-order valence-electron chi connectivity index (χ2n) is 6.69. The van der Waals surface area contributed by atoms with Crippen molar-refractivity contribution in [3.05, 3.63) is 16.6 Å². The molecule has 0 bridgehead atoms. The molecule has 1 aromatic rings. The minimum absolute atomic E-state index is 0.186. The summed E-state index contributed by atoms with van der Waals surface area (Å²) in [5, 5.41) is 7.14. The quantitative estimate of drug-likeness (QED) is 0.832. The molecule has 1 aromatic heterocycles. The first-order chi connectivity index (χ1) is 10.1. The highest BCUT2D eigenvalue weighted by molar-refractivity contribution is 7.09. The standard InChI is InChI=1S/C17H31N3S/c1-4-9-18-15(14-16-19-10-13-21-16)17(2,3)20-11-7-5-6-8-12-20/h10,13,15,18H,4-9,11-12,14H2,1-3H3. The number of nitrogens with one attached hydrogen (secondary N) is 1. The van der Waals surface area contributed by atoms with Gasteiger partial charge in [-0.1, -0.05) is 19.8 Å². The molecular formula is C17H31N3S. The molecule has 0 saturated carbocycles. The van der Waals surface area contributed by atoms with Gasteiger partial charge in [-0.15, -0.1) is 11.3 Å². The molecule has 0 amide bonds. The van der Waals surface area contributed by atoms with Crippen LogP contribution in [0.3, 0.4) is 0 Å². The lowest BCUT2D eigenvalue weighted by molar-refractivity contribution is 0.0834. The van der Waals surface area contributed by atoms with Gasteiger partial charge in [0.05, 0.1) is 5.01 Å². The van der Waals surface area contributed by atoms with Gasteiger partial charge in [-0.05, 0) is 52.7 Å². The van der Waals surface area contributed by atoms with Crippen LogP contribution in [0.5, 0.6) is 0 Å². The van der Waals surface area contributed by atoms with E-state index in [1.165, 1.54) is 50.2 Å². The van der Waals surface area contributed by atoms with Gasteiger partial charge in [0.2, 0.25) is 0 Å². The van der Waals surface area contributed by atoms with Crippen molar-refractivity contribution in [3.8, 4) is 0 Å². The Balaban J connectivity index is 2.07. The number of rotatable bonds is 7. The van der Waals surface area contributed by atoms with Crippen molar-refractivity contribution < 1.29 is 0 Å². The first-order valence-corrected chi connectivity index (χ1v) is 9.39. The molecule has 4 heteroatoms. The van der Waals surface area contributed by atoms with Gasteiger partial charge in [-0.2, -0.15) is 0 Å². The lowest BCUT2D eigenvalue weighted by atomic mass is 9.89. The lowest BCUT2D eigenvalue weighted by Gasteiger charge is -2.44. The van der Waals surface area contributed by atoms with Gasteiger partial charge in [0.1, 0.15) is 0 Å². The van der Waals surface area contributed by atoms with Crippen molar-refractivity contribution in [2.45, 2.75) is 70.9 Å². The van der Waals surface area contributed by atoms with Crippen molar-refractivity contribution in [2.24, 2.45) is 0 Å². The summed E-state index contributed by atoms with van der Waals surface area (Å²) in [4.78, 5) is 7.21. The zero-order valence-corrected chi connectivity index (χ0v) is 14.7. The summed E-state index contributed by atoms with van der Waals surface area (Å²) in [6.45, 7) is 10.7. The topological polar surface area (TPSA) is 28.2 Å². The van der Waals surface area contributed by atoms with Crippen LogP contribution in [0.25, 0.3) is 0 Å². The number of likely N-dealkylation sites (tertiary alicyclic amines) is 1.